The lowest BCUT2D eigenvalue weighted by Crippen LogP contribution is -2.20. The Bertz CT molecular complexity index is 598. The van der Waals surface area contributed by atoms with Gasteiger partial charge in [0.25, 0.3) is 0 Å². The lowest BCUT2D eigenvalue weighted by atomic mass is 10.0. The van der Waals surface area contributed by atoms with Crippen LogP contribution in [-0.2, 0) is 6.61 Å². The summed E-state index contributed by atoms with van der Waals surface area (Å²) in [6.45, 7) is 0.987. The molecule has 0 aromatic heterocycles. The highest BCUT2D eigenvalue weighted by Crippen LogP contribution is 2.41. The molecule has 4 heteroatoms. The minimum atomic E-state index is -0.120. The summed E-state index contributed by atoms with van der Waals surface area (Å²) in [7, 11) is 0. The van der Waals surface area contributed by atoms with Gasteiger partial charge in [-0.1, -0.05) is 30.3 Å². The molecule has 1 heterocycles. The van der Waals surface area contributed by atoms with Gasteiger partial charge in [-0.05, 0) is 11.6 Å². The molecule has 3 N–H and O–H groups in total. The average molecular weight is 271 g/mol. The van der Waals surface area contributed by atoms with Crippen LogP contribution in [0, 0.1) is 0 Å². The highest BCUT2D eigenvalue weighted by Gasteiger charge is 2.22. The van der Waals surface area contributed by atoms with Crippen molar-refractivity contribution in [2.24, 2.45) is 5.73 Å². The maximum atomic E-state index is 9.99. The lowest BCUT2D eigenvalue weighted by molar-refractivity contribution is 0.251. The molecule has 1 atom stereocenters. The van der Waals surface area contributed by atoms with Gasteiger partial charge in [-0.15, -0.1) is 0 Å². The van der Waals surface area contributed by atoms with Crippen LogP contribution in [0.4, 0.5) is 0 Å². The van der Waals surface area contributed by atoms with Crippen LogP contribution in [0.2, 0.25) is 0 Å². The number of phenolic OH excluding ortho intramolecular Hbond substituents is 1. The molecule has 2 aromatic carbocycles. The van der Waals surface area contributed by atoms with E-state index in [2.05, 4.69) is 0 Å². The van der Waals surface area contributed by atoms with Gasteiger partial charge in [-0.25, -0.2) is 0 Å². The van der Waals surface area contributed by atoms with E-state index in [1.165, 1.54) is 0 Å². The number of hydrogen-bond acceptors (Lipinski definition) is 4. The van der Waals surface area contributed by atoms with Crippen LogP contribution in [-0.4, -0.2) is 11.7 Å². The van der Waals surface area contributed by atoms with Gasteiger partial charge in [0.15, 0.2) is 11.5 Å². The molecule has 4 nitrogen and oxygen atoms in total. The predicted octanol–water partition coefficient (Wildman–Crippen LogP) is 2.75. The molecule has 3 rings (SSSR count). The number of ether oxygens (including phenoxy) is 2. The minimum absolute atomic E-state index is 0.0840. The molecule has 0 fully saturated rings. The van der Waals surface area contributed by atoms with Crippen molar-refractivity contribution in [1.29, 1.82) is 0 Å². The third-order valence-corrected chi connectivity index (χ3v) is 3.39. The summed E-state index contributed by atoms with van der Waals surface area (Å²) in [6, 6.07) is 13.2. The summed E-state index contributed by atoms with van der Waals surface area (Å²) in [6.07, 6.45) is 0.745. The molecule has 20 heavy (non-hydrogen) atoms. The molecule has 1 aliphatic rings. The highest BCUT2D eigenvalue weighted by molar-refractivity contribution is 5.53. The average Bonchev–Trinajstić information content (AvgIpc) is 2.47. The van der Waals surface area contributed by atoms with Crippen molar-refractivity contribution in [1.82, 2.24) is 0 Å². The summed E-state index contributed by atoms with van der Waals surface area (Å²) in [5, 5.41) is 9.99. The summed E-state index contributed by atoms with van der Waals surface area (Å²) >= 11 is 0. The zero-order valence-corrected chi connectivity index (χ0v) is 11.1. The Morgan fingerprint density at radius 1 is 1.25 bits per heavy atom. The van der Waals surface area contributed by atoms with Crippen molar-refractivity contribution in [2.45, 2.75) is 19.1 Å². The topological polar surface area (TPSA) is 64.7 Å². The zero-order chi connectivity index (χ0) is 13.9. The number of phenols is 1. The van der Waals surface area contributed by atoms with Crippen LogP contribution in [0.5, 0.6) is 17.2 Å². The van der Waals surface area contributed by atoms with Crippen molar-refractivity contribution in [2.75, 3.05) is 6.61 Å². The first-order valence-corrected chi connectivity index (χ1v) is 6.66. The third kappa shape index (κ3) is 2.56. The van der Waals surface area contributed by atoms with Crippen LogP contribution in [0.15, 0.2) is 42.5 Å². The van der Waals surface area contributed by atoms with Crippen molar-refractivity contribution >= 4 is 0 Å². The first-order chi connectivity index (χ1) is 9.74. The molecule has 1 unspecified atom stereocenters. The van der Waals surface area contributed by atoms with E-state index in [0.29, 0.717) is 24.7 Å². The first-order valence-electron chi connectivity index (χ1n) is 6.66. The number of hydrogen-bond donors (Lipinski definition) is 2. The summed E-state index contributed by atoms with van der Waals surface area (Å²) in [5.41, 5.74) is 7.92. The van der Waals surface area contributed by atoms with Gasteiger partial charge in [-0.2, -0.15) is 0 Å². The van der Waals surface area contributed by atoms with E-state index in [9.17, 15) is 5.11 Å². The molecule has 0 amide bonds. The van der Waals surface area contributed by atoms with Crippen molar-refractivity contribution in [3.63, 3.8) is 0 Å². The molecular formula is C16H17NO3. The van der Waals surface area contributed by atoms with Gasteiger partial charge in [0.1, 0.15) is 12.4 Å². The fraction of sp³-hybridized carbons (Fsp3) is 0.250. The van der Waals surface area contributed by atoms with E-state index in [4.69, 9.17) is 15.2 Å². The molecule has 0 spiro atoms. The van der Waals surface area contributed by atoms with Gasteiger partial charge < -0.3 is 20.3 Å². The standard InChI is InChI=1S/C16H17NO3/c17-14-6-7-19-16-13(14)8-12(9-15(16)18)20-10-11-4-2-1-3-5-11/h1-5,8-9,14,18H,6-7,10,17H2. The van der Waals surface area contributed by atoms with E-state index in [0.717, 1.165) is 17.5 Å². The second kappa shape index (κ2) is 5.43. The highest BCUT2D eigenvalue weighted by atomic mass is 16.5. The third-order valence-electron chi connectivity index (χ3n) is 3.39. The first kappa shape index (κ1) is 12.8. The largest absolute Gasteiger partial charge is 0.504 e. The fourth-order valence-electron chi connectivity index (χ4n) is 2.31. The van der Waals surface area contributed by atoms with Crippen LogP contribution in [0.1, 0.15) is 23.6 Å². The molecule has 0 radical (unpaired) electrons. The van der Waals surface area contributed by atoms with Crippen LogP contribution >= 0.6 is 0 Å². The predicted molar refractivity (Wildman–Crippen MR) is 75.9 cm³/mol. The number of nitrogens with two attached hydrogens (primary N) is 1. The fourth-order valence-corrected chi connectivity index (χ4v) is 2.31. The van der Waals surface area contributed by atoms with E-state index < -0.39 is 0 Å². The molecule has 1 aliphatic heterocycles. The zero-order valence-electron chi connectivity index (χ0n) is 11.1. The smallest absolute Gasteiger partial charge is 0.165 e. The molecule has 0 bridgehead atoms. The molecule has 0 saturated heterocycles. The lowest BCUT2D eigenvalue weighted by Gasteiger charge is -2.24. The Morgan fingerprint density at radius 2 is 2.05 bits per heavy atom. The molecular weight excluding hydrogens is 254 g/mol. The number of benzene rings is 2. The van der Waals surface area contributed by atoms with Crippen molar-refractivity contribution in [3.05, 3.63) is 53.6 Å². The SMILES string of the molecule is NC1CCOc2c(O)cc(OCc3ccccc3)cc21. The Labute approximate surface area is 117 Å². The Kier molecular flexibility index (Phi) is 3.48. The molecule has 0 aliphatic carbocycles. The molecule has 0 saturated carbocycles. The van der Waals surface area contributed by atoms with Gasteiger partial charge in [0.05, 0.1) is 6.61 Å². The molecule has 104 valence electrons. The van der Waals surface area contributed by atoms with Gasteiger partial charge in [0.2, 0.25) is 0 Å². The van der Waals surface area contributed by atoms with E-state index >= 15 is 0 Å². The summed E-state index contributed by atoms with van der Waals surface area (Å²) in [4.78, 5) is 0. The Hall–Kier alpha value is -2.20. The van der Waals surface area contributed by atoms with Crippen molar-refractivity contribution < 1.29 is 14.6 Å². The van der Waals surface area contributed by atoms with Gasteiger partial charge >= 0.3 is 0 Å². The Balaban J connectivity index is 1.81. The maximum Gasteiger partial charge on any atom is 0.165 e. The summed E-state index contributed by atoms with van der Waals surface area (Å²) in [5.74, 6) is 1.17. The van der Waals surface area contributed by atoms with Crippen LogP contribution in [0.3, 0.4) is 0 Å². The number of fused-ring (bicyclic) bond motifs is 1. The monoisotopic (exact) mass is 271 g/mol. The van der Waals surface area contributed by atoms with E-state index in [-0.39, 0.29) is 11.8 Å². The van der Waals surface area contributed by atoms with Crippen LogP contribution < -0.4 is 15.2 Å². The maximum absolute atomic E-state index is 9.99. The van der Waals surface area contributed by atoms with Crippen LogP contribution in [0.25, 0.3) is 0 Å². The van der Waals surface area contributed by atoms with Gasteiger partial charge in [0, 0.05) is 24.1 Å². The second-order valence-corrected chi connectivity index (χ2v) is 4.88. The summed E-state index contributed by atoms with van der Waals surface area (Å²) < 4.78 is 11.2. The normalized spacial score (nSPS) is 17.1. The number of rotatable bonds is 3. The minimum Gasteiger partial charge on any atom is -0.504 e. The number of aromatic hydroxyl groups is 1. The Morgan fingerprint density at radius 3 is 2.85 bits per heavy atom. The van der Waals surface area contributed by atoms with Gasteiger partial charge in [-0.3, -0.25) is 0 Å². The van der Waals surface area contributed by atoms with E-state index in [1.807, 2.05) is 36.4 Å². The quantitative estimate of drug-likeness (QED) is 0.901. The second-order valence-electron chi connectivity index (χ2n) is 4.88. The molecule has 2 aromatic rings. The van der Waals surface area contributed by atoms with E-state index in [1.54, 1.807) is 6.07 Å². The van der Waals surface area contributed by atoms with Crippen molar-refractivity contribution in [3.8, 4) is 17.2 Å².